The molecule has 24 heavy (non-hydrogen) atoms. The number of amides is 2. The molecule has 0 spiro atoms. The van der Waals surface area contributed by atoms with Crippen LogP contribution in [-0.4, -0.2) is 35.9 Å². The lowest BCUT2D eigenvalue weighted by Gasteiger charge is -2.07. The maximum absolute atomic E-state index is 11.5. The van der Waals surface area contributed by atoms with Crippen LogP contribution >= 0.6 is 0 Å². The zero-order valence-corrected chi connectivity index (χ0v) is 12.7. The lowest BCUT2D eigenvalue weighted by molar-refractivity contribution is -0.384. The summed E-state index contributed by atoms with van der Waals surface area (Å²) in [4.78, 5) is 43.7. The largest absolute Gasteiger partial charge is 0.484 e. The van der Waals surface area contributed by atoms with Gasteiger partial charge in [-0.05, 0) is 19.1 Å². The van der Waals surface area contributed by atoms with Gasteiger partial charge in [-0.3, -0.25) is 30.6 Å². The molecule has 0 heterocycles. The van der Waals surface area contributed by atoms with Crippen LogP contribution in [0, 0.1) is 10.1 Å². The van der Waals surface area contributed by atoms with E-state index < -0.39 is 29.3 Å². The minimum atomic E-state index is -0.730. The lowest BCUT2D eigenvalue weighted by atomic mass is 10.3. The van der Waals surface area contributed by atoms with E-state index >= 15 is 0 Å². The Morgan fingerprint density at radius 2 is 1.83 bits per heavy atom. The number of nitrogens with zero attached hydrogens (tertiary/aromatic N) is 1. The molecule has 10 heteroatoms. The molecule has 0 unspecified atom stereocenters. The minimum absolute atomic E-state index is 0.104. The van der Waals surface area contributed by atoms with Crippen molar-refractivity contribution < 1.29 is 28.8 Å². The van der Waals surface area contributed by atoms with E-state index in [2.05, 4.69) is 10.2 Å². The maximum atomic E-state index is 11.5. The number of esters is 1. The first-order chi connectivity index (χ1) is 11.4. The van der Waals surface area contributed by atoms with Gasteiger partial charge in [-0.1, -0.05) is 0 Å². The van der Waals surface area contributed by atoms with Crippen LogP contribution in [-0.2, 0) is 19.1 Å². The summed E-state index contributed by atoms with van der Waals surface area (Å²) in [6, 6.07) is 5.14. The Balaban J connectivity index is 2.32. The number of ether oxygens (including phenoxy) is 2. The number of nitrogens with one attached hydrogen (secondary N) is 2. The van der Waals surface area contributed by atoms with E-state index in [-0.39, 0.29) is 18.0 Å². The van der Waals surface area contributed by atoms with Crippen LogP contribution < -0.4 is 15.6 Å². The van der Waals surface area contributed by atoms with Crippen molar-refractivity contribution in [3.8, 4) is 5.75 Å². The van der Waals surface area contributed by atoms with Gasteiger partial charge < -0.3 is 9.47 Å². The van der Waals surface area contributed by atoms with Gasteiger partial charge in [0.25, 0.3) is 17.5 Å². The van der Waals surface area contributed by atoms with Crippen molar-refractivity contribution in [1.82, 2.24) is 10.9 Å². The molecule has 0 fully saturated rings. The molecule has 0 aliphatic heterocycles. The molecule has 0 saturated carbocycles. The number of rotatable bonds is 7. The fraction of sp³-hybridized carbons (Fsp3) is 0.214. The van der Waals surface area contributed by atoms with E-state index in [1.165, 1.54) is 24.3 Å². The molecule has 2 amide bonds. The summed E-state index contributed by atoms with van der Waals surface area (Å²) in [7, 11) is 0. The van der Waals surface area contributed by atoms with Gasteiger partial charge in [-0.2, -0.15) is 0 Å². The summed E-state index contributed by atoms with van der Waals surface area (Å²) >= 11 is 0. The fourth-order valence-electron chi connectivity index (χ4n) is 1.36. The van der Waals surface area contributed by atoms with E-state index in [1.54, 1.807) is 6.92 Å². The Hall–Kier alpha value is -3.43. The Labute approximate surface area is 136 Å². The second kappa shape index (κ2) is 9.56. The van der Waals surface area contributed by atoms with Gasteiger partial charge in [-0.25, -0.2) is 4.79 Å². The van der Waals surface area contributed by atoms with Gasteiger partial charge in [0.2, 0.25) is 0 Å². The van der Waals surface area contributed by atoms with Crippen molar-refractivity contribution >= 4 is 23.5 Å². The highest BCUT2D eigenvalue weighted by Crippen LogP contribution is 2.16. The van der Waals surface area contributed by atoms with E-state index in [9.17, 15) is 24.5 Å². The summed E-state index contributed by atoms with van der Waals surface area (Å²) in [5.74, 6) is -1.82. The summed E-state index contributed by atoms with van der Waals surface area (Å²) in [6.45, 7) is 1.39. The zero-order valence-electron chi connectivity index (χ0n) is 12.7. The van der Waals surface area contributed by atoms with Crippen molar-refractivity contribution in [2.45, 2.75) is 6.92 Å². The molecule has 0 radical (unpaired) electrons. The second-order valence-corrected chi connectivity index (χ2v) is 4.16. The molecular weight excluding hydrogens is 322 g/mol. The van der Waals surface area contributed by atoms with Crippen molar-refractivity contribution in [2.75, 3.05) is 13.2 Å². The summed E-state index contributed by atoms with van der Waals surface area (Å²) in [5.41, 5.74) is 4.00. The Morgan fingerprint density at radius 1 is 1.17 bits per heavy atom. The number of nitro groups is 1. The first kappa shape index (κ1) is 18.6. The molecular formula is C14H15N3O7. The zero-order chi connectivity index (χ0) is 17.9. The first-order valence-electron chi connectivity index (χ1n) is 6.73. The van der Waals surface area contributed by atoms with Crippen molar-refractivity contribution in [3.63, 3.8) is 0 Å². The summed E-state index contributed by atoms with van der Waals surface area (Å²) in [5, 5.41) is 10.5. The number of benzene rings is 1. The number of carbonyl (C=O) groups excluding carboxylic acids is 3. The smallest absolute Gasteiger partial charge is 0.330 e. The third-order valence-corrected chi connectivity index (χ3v) is 2.40. The number of hydrogen-bond acceptors (Lipinski definition) is 7. The normalized spacial score (nSPS) is 10.0. The number of carbonyl (C=O) groups is 3. The number of hydrazine groups is 1. The summed E-state index contributed by atoms with van der Waals surface area (Å²) < 4.78 is 9.66. The molecule has 0 aliphatic carbocycles. The van der Waals surface area contributed by atoms with E-state index in [0.717, 1.165) is 12.2 Å². The van der Waals surface area contributed by atoms with E-state index in [4.69, 9.17) is 4.74 Å². The van der Waals surface area contributed by atoms with E-state index in [0.29, 0.717) is 0 Å². The van der Waals surface area contributed by atoms with Crippen LogP contribution in [0.1, 0.15) is 6.92 Å². The van der Waals surface area contributed by atoms with E-state index in [1.807, 2.05) is 5.43 Å². The topological polar surface area (TPSA) is 137 Å². The average Bonchev–Trinajstić information content (AvgIpc) is 2.56. The number of nitro benzene ring substituents is 1. The van der Waals surface area contributed by atoms with Gasteiger partial charge in [0.15, 0.2) is 6.61 Å². The molecule has 0 saturated heterocycles. The molecule has 1 rings (SSSR count). The molecule has 128 valence electrons. The first-order valence-corrected chi connectivity index (χ1v) is 6.73. The van der Waals surface area contributed by atoms with Crippen LogP contribution in [0.15, 0.2) is 36.4 Å². The van der Waals surface area contributed by atoms with Gasteiger partial charge in [0.1, 0.15) is 5.75 Å². The van der Waals surface area contributed by atoms with Crippen LogP contribution in [0.4, 0.5) is 5.69 Å². The van der Waals surface area contributed by atoms with Crippen molar-refractivity contribution in [3.05, 3.63) is 46.5 Å². The molecule has 1 aromatic carbocycles. The molecule has 2 N–H and O–H groups in total. The van der Waals surface area contributed by atoms with Crippen LogP contribution in [0.5, 0.6) is 5.75 Å². The molecule has 0 aliphatic rings. The predicted octanol–water partition coefficient (Wildman–Crippen LogP) is 0.240. The Kier molecular flexibility index (Phi) is 7.42. The SMILES string of the molecule is CCOC(=O)/C=C\C(=O)NNC(=O)COc1ccc([N+](=O)[O-])cc1. The highest BCUT2D eigenvalue weighted by molar-refractivity contribution is 5.95. The average molecular weight is 337 g/mol. The highest BCUT2D eigenvalue weighted by Gasteiger charge is 2.07. The van der Waals surface area contributed by atoms with Crippen LogP contribution in [0.2, 0.25) is 0 Å². The number of non-ortho nitro benzene ring substituents is 1. The molecule has 0 bridgehead atoms. The quantitative estimate of drug-likeness (QED) is 0.315. The summed E-state index contributed by atoms with van der Waals surface area (Å²) in [6.07, 6.45) is 1.81. The highest BCUT2D eigenvalue weighted by atomic mass is 16.6. The fourth-order valence-corrected chi connectivity index (χ4v) is 1.36. The third kappa shape index (κ3) is 7.02. The molecule has 1 aromatic rings. The van der Waals surface area contributed by atoms with Crippen LogP contribution in [0.25, 0.3) is 0 Å². The standard InChI is InChI=1S/C14H15N3O7/c1-2-23-14(20)8-7-12(18)15-16-13(19)9-24-11-5-3-10(4-6-11)17(21)22/h3-8H,2,9H2,1H3,(H,15,18)(H,16,19)/b8-7-. The van der Waals surface area contributed by atoms with Gasteiger partial charge in [0, 0.05) is 24.3 Å². The molecule has 0 aromatic heterocycles. The van der Waals surface area contributed by atoms with Gasteiger partial charge in [-0.15, -0.1) is 0 Å². The monoisotopic (exact) mass is 337 g/mol. The molecule has 10 nitrogen and oxygen atoms in total. The van der Waals surface area contributed by atoms with Crippen molar-refractivity contribution in [2.24, 2.45) is 0 Å². The van der Waals surface area contributed by atoms with Gasteiger partial charge in [0.05, 0.1) is 11.5 Å². The second-order valence-electron chi connectivity index (χ2n) is 4.16. The Morgan fingerprint density at radius 3 is 2.42 bits per heavy atom. The maximum Gasteiger partial charge on any atom is 0.330 e. The lowest BCUT2D eigenvalue weighted by Crippen LogP contribution is -2.43. The van der Waals surface area contributed by atoms with Crippen molar-refractivity contribution in [1.29, 1.82) is 0 Å². The third-order valence-electron chi connectivity index (χ3n) is 2.40. The Bertz CT molecular complexity index is 640. The van der Waals surface area contributed by atoms with Gasteiger partial charge >= 0.3 is 5.97 Å². The van der Waals surface area contributed by atoms with Crippen LogP contribution in [0.3, 0.4) is 0 Å². The predicted molar refractivity (Wildman–Crippen MR) is 80.6 cm³/mol. The number of hydrogen-bond donors (Lipinski definition) is 2. The molecule has 0 atom stereocenters. The minimum Gasteiger partial charge on any atom is -0.484 e.